The molecule has 0 radical (unpaired) electrons. The van der Waals surface area contributed by atoms with Gasteiger partial charge in [-0.05, 0) is 38.4 Å². The van der Waals surface area contributed by atoms with Gasteiger partial charge in [0.05, 0.1) is 16.4 Å². The van der Waals surface area contributed by atoms with Crippen molar-refractivity contribution < 1.29 is 4.79 Å². The molecule has 0 aliphatic carbocycles. The second kappa shape index (κ2) is 6.58. The largest absolute Gasteiger partial charge is 0.297 e. The number of aromatic nitrogens is 3. The van der Waals surface area contributed by atoms with Gasteiger partial charge in [0, 0.05) is 25.2 Å². The van der Waals surface area contributed by atoms with Crippen molar-refractivity contribution in [2.45, 2.75) is 26.3 Å². The van der Waals surface area contributed by atoms with Crippen LogP contribution in [0.3, 0.4) is 0 Å². The van der Waals surface area contributed by atoms with Gasteiger partial charge in [-0.15, -0.1) is 0 Å². The molecule has 6 heteroatoms. The molecule has 1 unspecified atom stereocenters. The number of aromatic amines is 1. The maximum Gasteiger partial charge on any atom is 0.185 e. The minimum Gasteiger partial charge on any atom is -0.297 e. The van der Waals surface area contributed by atoms with Gasteiger partial charge in [0.25, 0.3) is 0 Å². The average Bonchev–Trinajstić information content (AvgIpc) is 2.87. The number of aryl methyl sites for hydroxylation is 1. The minimum absolute atomic E-state index is 0.00228. The van der Waals surface area contributed by atoms with Gasteiger partial charge in [0.2, 0.25) is 0 Å². The number of ketones is 1. The Balaban J connectivity index is 1.67. The first-order valence-corrected chi connectivity index (χ1v) is 7.90. The van der Waals surface area contributed by atoms with Gasteiger partial charge in [-0.1, -0.05) is 17.7 Å². The maximum atomic E-state index is 12.5. The molecule has 5 nitrogen and oxygen atoms in total. The van der Waals surface area contributed by atoms with E-state index in [1.54, 1.807) is 12.3 Å². The van der Waals surface area contributed by atoms with Crippen molar-refractivity contribution in [3.8, 4) is 0 Å². The van der Waals surface area contributed by atoms with Crippen LogP contribution in [0.25, 0.3) is 0 Å². The van der Waals surface area contributed by atoms with Gasteiger partial charge >= 0.3 is 0 Å². The molecule has 116 valence electrons. The predicted molar refractivity (Wildman–Crippen MR) is 84.9 cm³/mol. The lowest BCUT2D eigenvalue weighted by molar-refractivity contribution is 0.0805. The average molecular weight is 319 g/mol. The van der Waals surface area contributed by atoms with Gasteiger partial charge in [-0.2, -0.15) is 5.10 Å². The Bertz CT molecular complexity index is 655. The number of piperidine rings is 1. The third-order valence-electron chi connectivity index (χ3n) is 4.11. The molecular formula is C16H19ClN4O. The van der Waals surface area contributed by atoms with Crippen molar-refractivity contribution in [1.82, 2.24) is 20.1 Å². The summed E-state index contributed by atoms with van der Waals surface area (Å²) in [5.74, 6) is 0.136. The Morgan fingerprint density at radius 3 is 3.05 bits per heavy atom. The van der Waals surface area contributed by atoms with Crippen molar-refractivity contribution in [3.05, 3.63) is 46.5 Å². The number of nitrogens with zero attached hydrogens (tertiary/aromatic N) is 3. The van der Waals surface area contributed by atoms with Crippen LogP contribution in [0.15, 0.2) is 24.4 Å². The van der Waals surface area contributed by atoms with Gasteiger partial charge in [0.15, 0.2) is 5.78 Å². The van der Waals surface area contributed by atoms with Crippen LogP contribution in [0.5, 0.6) is 0 Å². The van der Waals surface area contributed by atoms with Crippen molar-refractivity contribution in [2.75, 3.05) is 13.1 Å². The summed E-state index contributed by atoms with van der Waals surface area (Å²) >= 11 is 6.23. The van der Waals surface area contributed by atoms with E-state index in [-0.39, 0.29) is 11.7 Å². The molecule has 1 atom stereocenters. The lowest BCUT2D eigenvalue weighted by atomic mass is 9.92. The van der Waals surface area contributed by atoms with Crippen molar-refractivity contribution in [2.24, 2.45) is 5.92 Å². The number of hydrogen-bond donors (Lipinski definition) is 1. The molecule has 0 amide bonds. The van der Waals surface area contributed by atoms with Crippen molar-refractivity contribution >= 4 is 17.4 Å². The summed E-state index contributed by atoms with van der Waals surface area (Å²) in [6.45, 7) is 4.28. The van der Waals surface area contributed by atoms with Crippen molar-refractivity contribution in [1.29, 1.82) is 0 Å². The van der Waals surface area contributed by atoms with E-state index >= 15 is 0 Å². The van der Waals surface area contributed by atoms with Gasteiger partial charge < -0.3 is 0 Å². The number of carbonyl (C=O) groups is 1. The zero-order valence-corrected chi connectivity index (χ0v) is 13.3. The molecule has 0 bridgehead atoms. The van der Waals surface area contributed by atoms with Crippen molar-refractivity contribution in [3.63, 3.8) is 0 Å². The number of hydrogen-bond acceptors (Lipinski definition) is 4. The van der Waals surface area contributed by atoms with E-state index in [9.17, 15) is 4.79 Å². The van der Waals surface area contributed by atoms with Crippen LogP contribution in [0, 0.1) is 12.8 Å². The van der Waals surface area contributed by atoms with Crippen LogP contribution >= 0.6 is 11.6 Å². The molecule has 1 saturated heterocycles. The summed E-state index contributed by atoms with van der Waals surface area (Å²) in [6, 6.07) is 5.47. The summed E-state index contributed by atoms with van der Waals surface area (Å²) in [7, 11) is 0. The summed E-state index contributed by atoms with van der Waals surface area (Å²) in [5, 5.41) is 7.84. The number of nitrogens with one attached hydrogen (secondary N) is 1. The Hall–Kier alpha value is -1.72. The van der Waals surface area contributed by atoms with Gasteiger partial charge in [0.1, 0.15) is 5.69 Å². The van der Waals surface area contributed by atoms with Crippen LogP contribution in [0.2, 0.25) is 5.02 Å². The molecule has 1 N–H and O–H groups in total. The van der Waals surface area contributed by atoms with E-state index in [0.717, 1.165) is 37.3 Å². The molecule has 0 aromatic carbocycles. The lowest BCUT2D eigenvalue weighted by Crippen LogP contribution is -2.38. The normalized spacial score (nSPS) is 19.3. The standard InChI is InChI=1S/C16H19ClN4O/c1-11-15(17)14(20-19-11)10-21-8-4-5-12(9-21)16(22)13-6-2-3-7-18-13/h2-3,6-7,12H,4-5,8-10H2,1H3,(H,19,20). The molecule has 3 rings (SSSR count). The molecule has 1 aliphatic rings. The van der Waals surface area contributed by atoms with E-state index < -0.39 is 0 Å². The maximum absolute atomic E-state index is 12.5. The second-order valence-corrected chi connectivity index (χ2v) is 6.14. The number of halogens is 1. The second-order valence-electron chi connectivity index (χ2n) is 5.76. The summed E-state index contributed by atoms with van der Waals surface area (Å²) in [6.07, 6.45) is 3.59. The summed E-state index contributed by atoms with van der Waals surface area (Å²) in [4.78, 5) is 19.0. The first kappa shape index (κ1) is 15.2. The third kappa shape index (κ3) is 3.20. The molecule has 3 heterocycles. The Kier molecular flexibility index (Phi) is 4.55. The fraction of sp³-hybridized carbons (Fsp3) is 0.438. The third-order valence-corrected chi connectivity index (χ3v) is 4.61. The summed E-state index contributed by atoms with van der Waals surface area (Å²) < 4.78 is 0. The van der Waals surface area contributed by atoms with Crippen LogP contribution in [-0.2, 0) is 6.54 Å². The van der Waals surface area contributed by atoms with E-state index in [2.05, 4.69) is 20.1 Å². The minimum atomic E-state index is 0.00228. The molecule has 0 spiro atoms. The fourth-order valence-corrected chi connectivity index (χ4v) is 3.06. The number of pyridine rings is 1. The SMILES string of the molecule is Cc1[nH]nc(CN2CCCC(C(=O)c3ccccn3)C2)c1Cl. The predicted octanol–water partition coefficient (Wildman–Crippen LogP) is 2.86. The highest BCUT2D eigenvalue weighted by atomic mass is 35.5. The fourth-order valence-electron chi connectivity index (χ4n) is 2.91. The van der Waals surface area contributed by atoms with Gasteiger partial charge in [-0.3, -0.25) is 19.8 Å². The van der Waals surface area contributed by atoms with Crippen LogP contribution < -0.4 is 0 Å². The quantitative estimate of drug-likeness (QED) is 0.881. The summed E-state index contributed by atoms with van der Waals surface area (Å²) in [5.41, 5.74) is 2.29. The van der Waals surface area contributed by atoms with Gasteiger partial charge in [-0.25, -0.2) is 0 Å². The number of H-pyrrole nitrogens is 1. The van der Waals surface area contributed by atoms with E-state index in [1.807, 2.05) is 19.1 Å². The first-order valence-electron chi connectivity index (χ1n) is 7.52. The molecule has 2 aromatic rings. The highest BCUT2D eigenvalue weighted by molar-refractivity contribution is 6.31. The molecule has 1 aliphatic heterocycles. The molecule has 22 heavy (non-hydrogen) atoms. The van der Waals surface area contributed by atoms with E-state index in [4.69, 9.17) is 11.6 Å². The van der Waals surface area contributed by atoms with Crippen LogP contribution in [0.1, 0.15) is 34.7 Å². The Morgan fingerprint density at radius 2 is 2.36 bits per heavy atom. The highest BCUT2D eigenvalue weighted by Crippen LogP contribution is 2.24. The lowest BCUT2D eigenvalue weighted by Gasteiger charge is -2.31. The number of carbonyl (C=O) groups excluding carboxylic acids is 1. The van der Waals surface area contributed by atoms with E-state index in [1.165, 1.54) is 0 Å². The topological polar surface area (TPSA) is 61.9 Å². The Morgan fingerprint density at radius 1 is 1.50 bits per heavy atom. The van der Waals surface area contributed by atoms with Crippen LogP contribution in [-0.4, -0.2) is 39.0 Å². The smallest absolute Gasteiger partial charge is 0.185 e. The molecule has 2 aromatic heterocycles. The highest BCUT2D eigenvalue weighted by Gasteiger charge is 2.28. The number of likely N-dealkylation sites (tertiary alicyclic amines) is 1. The zero-order chi connectivity index (χ0) is 15.5. The number of Topliss-reactive ketones (excluding diaryl/α,β-unsaturated/α-hetero) is 1. The zero-order valence-electron chi connectivity index (χ0n) is 12.6. The Labute approximate surface area is 134 Å². The molecule has 0 saturated carbocycles. The van der Waals surface area contributed by atoms with E-state index in [0.29, 0.717) is 17.3 Å². The first-order chi connectivity index (χ1) is 10.6. The molecule has 1 fully saturated rings. The molecular weight excluding hydrogens is 300 g/mol. The van der Waals surface area contributed by atoms with Crippen LogP contribution in [0.4, 0.5) is 0 Å². The number of rotatable bonds is 4. The monoisotopic (exact) mass is 318 g/mol.